The minimum Gasteiger partial charge on any atom is -0.206 e. The molecule has 0 aliphatic heterocycles. The van der Waals surface area contributed by atoms with Gasteiger partial charge < -0.3 is 0 Å². The third-order valence-electron chi connectivity index (χ3n) is 8.58. The highest BCUT2D eigenvalue weighted by Gasteiger charge is 2.30. The molecule has 0 nitrogen and oxygen atoms in total. The maximum atomic E-state index is 14.8. The van der Waals surface area contributed by atoms with Gasteiger partial charge in [-0.05, 0) is 91.6 Å². The van der Waals surface area contributed by atoms with Crippen molar-refractivity contribution < 1.29 is 4.39 Å². The molecule has 0 saturated heterocycles. The van der Waals surface area contributed by atoms with Gasteiger partial charge in [0, 0.05) is 5.39 Å². The Labute approximate surface area is 189 Å². The van der Waals surface area contributed by atoms with Crippen molar-refractivity contribution in [1.82, 2.24) is 0 Å². The Balaban J connectivity index is 1.27. The van der Waals surface area contributed by atoms with Crippen LogP contribution >= 0.6 is 0 Å². The number of hydrogen-bond acceptors (Lipinski definition) is 0. The van der Waals surface area contributed by atoms with Crippen LogP contribution in [0.1, 0.15) is 88.7 Å². The maximum Gasteiger partial charge on any atom is 0.134 e. The van der Waals surface area contributed by atoms with E-state index in [2.05, 4.69) is 31.7 Å². The minimum absolute atomic E-state index is 0.0443. The summed E-state index contributed by atoms with van der Waals surface area (Å²) in [7, 11) is 0. The van der Waals surface area contributed by atoms with Crippen LogP contribution < -0.4 is 0 Å². The molecule has 2 aromatic carbocycles. The zero-order valence-corrected chi connectivity index (χ0v) is 19.6. The first-order chi connectivity index (χ1) is 15.2. The fraction of sp³-hybridized carbons (Fsp3) is 0.600. The largest absolute Gasteiger partial charge is 0.206 e. The first kappa shape index (κ1) is 22.6. The SMILES string of the molecule is C=CCCc1ccc2cc(CCC3CCC(C4CCC(CC)CC4)CC3)ccc2c1F. The number of hydrogen-bond donors (Lipinski definition) is 0. The molecule has 0 unspecified atom stereocenters. The molecule has 0 aromatic heterocycles. The van der Waals surface area contributed by atoms with Crippen LogP contribution in [0.2, 0.25) is 0 Å². The van der Waals surface area contributed by atoms with Crippen molar-refractivity contribution in [3.05, 3.63) is 59.9 Å². The molecule has 1 heteroatoms. The van der Waals surface area contributed by atoms with Crippen molar-refractivity contribution >= 4 is 10.8 Å². The lowest BCUT2D eigenvalue weighted by molar-refractivity contribution is 0.142. The second-order valence-electron chi connectivity index (χ2n) is 10.4. The van der Waals surface area contributed by atoms with Crippen LogP contribution in [0.25, 0.3) is 10.8 Å². The quantitative estimate of drug-likeness (QED) is 0.374. The van der Waals surface area contributed by atoms with Crippen LogP contribution in [-0.4, -0.2) is 0 Å². The summed E-state index contributed by atoms with van der Waals surface area (Å²) in [5, 5.41) is 1.81. The first-order valence-corrected chi connectivity index (χ1v) is 13.0. The second kappa shape index (κ2) is 10.8. The van der Waals surface area contributed by atoms with Crippen LogP contribution in [-0.2, 0) is 12.8 Å². The van der Waals surface area contributed by atoms with E-state index in [-0.39, 0.29) is 5.82 Å². The molecule has 0 spiro atoms. The highest BCUT2D eigenvalue weighted by Crippen LogP contribution is 2.42. The predicted molar refractivity (Wildman–Crippen MR) is 132 cm³/mol. The average Bonchev–Trinajstić information content (AvgIpc) is 2.83. The van der Waals surface area contributed by atoms with Gasteiger partial charge in [0.1, 0.15) is 5.82 Å². The van der Waals surface area contributed by atoms with Crippen LogP contribution in [0.4, 0.5) is 4.39 Å². The first-order valence-electron chi connectivity index (χ1n) is 13.0. The van der Waals surface area contributed by atoms with Gasteiger partial charge >= 0.3 is 0 Å². The molecule has 0 heterocycles. The summed E-state index contributed by atoms with van der Waals surface area (Å²) < 4.78 is 14.8. The monoisotopic (exact) mass is 420 g/mol. The van der Waals surface area contributed by atoms with Crippen molar-refractivity contribution in [2.24, 2.45) is 23.7 Å². The lowest BCUT2D eigenvalue weighted by Gasteiger charge is -2.37. The Morgan fingerprint density at radius 1 is 0.871 bits per heavy atom. The zero-order valence-electron chi connectivity index (χ0n) is 19.6. The van der Waals surface area contributed by atoms with Crippen molar-refractivity contribution in [3.63, 3.8) is 0 Å². The molecule has 0 bridgehead atoms. The molecule has 2 saturated carbocycles. The van der Waals surface area contributed by atoms with E-state index in [0.29, 0.717) is 0 Å². The third kappa shape index (κ3) is 5.60. The van der Waals surface area contributed by atoms with Gasteiger partial charge in [0.2, 0.25) is 0 Å². The topological polar surface area (TPSA) is 0 Å². The van der Waals surface area contributed by atoms with Crippen LogP contribution in [0, 0.1) is 29.5 Å². The Bertz CT molecular complexity index is 850. The molecule has 0 N–H and O–H groups in total. The Kier molecular flexibility index (Phi) is 7.86. The van der Waals surface area contributed by atoms with E-state index in [0.717, 1.165) is 59.3 Å². The fourth-order valence-corrected chi connectivity index (χ4v) is 6.38. The summed E-state index contributed by atoms with van der Waals surface area (Å²) in [6.45, 7) is 6.11. The molecule has 31 heavy (non-hydrogen) atoms. The number of benzene rings is 2. The van der Waals surface area contributed by atoms with Gasteiger partial charge in [0.05, 0.1) is 0 Å². The number of fused-ring (bicyclic) bond motifs is 1. The van der Waals surface area contributed by atoms with Gasteiger partial charge in [-0.1, -0.05) is 75.4 Å². The van der Waals surface area contributed by atoms with Crippen molar-refractivity contribution in [2.75, 3.05) is 0 Å². The van der Waals surface area contributed by atoms with Gasteiger partial charge in [-0.3, -0.25) is 0 Å². The summed E-state index contributed by atoms with van der Waals surface area (Å²) in [5.74, 6) is 3.89. The maximum absolute atomic E-state index is 14.8. The molecule has 0 atom stereocenters. The highest BCUT2D eigenvalue weighted by atomic mass is 19.1. The summed E-state index contributed by atoms with van der Waals surface area (Å²) in [4.78, 5) is 0. The standard InChI is InChI=1S/C30H41F/c1-3-5-6-27-18-19-28-21-24(13-20-29(28)30(27)31)8-7-23-11-16-26(17-12-23)25-14-9-22(4-2)10-15-25/h3,13,18-23,25-26H,1,4-12,14-17H2,2H3. The van der Waals surface area contributed by atoms with Gasteiger partial charge in [0.15, 0.2) is 0 Å². The van der Waals surface area contributed by atoms with Crippen LogP contribution in [0.5, 0.6) is 0 Å². The molecule has 168 valence electrons. The molecule has 2 fully saturated rings. The molecule has 2 aliphatic rings. The Hall–Kier alpha value is -1.63. The summed E-state index contributed by atoms with van der Waals surface area (Å²) in [6.07, 6.45) is 19.0. The molecule has 2 aromatic rings. The number of aryl methyl sites for hydroxylation is 2. The molecule has 0 radical (unpaired) electrons. The van der Waals surface area contributed by atoms with E-state index in [1.165, 1.54) is 69.8 Å². The van der Waals surface area contributed by atoms with Crippen molar-refractivity contribution in [1.29, 1.82) is 0 Å². The van der Waals surface area contributed by atoms with Gasteiger partial charge in [-0.15, -0.1) is 6.58 Å². The lowest BCUT2D eigenvalue weighted by Crippen LogP contribution is -2.25. The number of halogens is 1. The molecule has 2 aliphatic carbocycles. The van der Waals surface area contributed by atoms with Crippen LogP contribution in [0.15, 0.2) is 43.0 Å². The molecule has 0 amide bonds. The Morgan fingerprint density at radius 2 is 1.55 bits per heavy atom. The number of allylic oxidation sites excluding steroid dienone is 1. The van der Waals surface area contributed by atoms with Gasteiger partial charge in [-0.2, -0.15) is 0 Å². The van der Waals surface area contributed by atoms with Crippen molar-refractivity contribution in [2.45, 2.75) is 90.4 Å². The van der Waals surface area contributed by atoms with Gasteiger partial charge in [0.25, 0.3) is 0 Å². The van der Waals surface area contributed by atoms with E-state index in [1.807, 2.05) is 18.2 Å². The zero-order chi connectivity index (χ0) is 21.6. The average molecular weight is 421 g/mol. The van der Waals surface area contributed by atoms with E-state index in [4.69, 9.17) is 0 Å². The molecular weight excluding hydrogens is 379 g/mol. The summed E-state index contributed by atoms with van der Waals surface area (Å²) in [6, 6.07) is 10.4. The molecular formula is C30H41F. The second-order valence-corrected chi connectivity index (χ2v) is 10.4. The van der Waals surface area contributed by atoms with E-state index < -0.39 is 0 Å². The fourth-order valence-electron chi connectivity index (χ4n) is 6.38. The van der Waals surface area contributed by atoms with Crippen molar-refractivity contribution in [3.8, 4) is 0 Å². The van der Waals surface area contributed by atoms with Crippen LogP contribution in [0.3, 0.4) is 0 Å². The van der Waals surface area contributed by atoms with E-state index in [9.17, 15) is 4.39 Å². The van der Waals surface area contributed by atoms with E-state index in [1.54, 1.807) is 0 Å². The molecule has 4 rings (SSSR count). The normalized spacial score (nSPS) is 26.8. The smallest absolute Gasteiger partial charge is 0.134 e. The summed E-state index contributed by atoms with van der Waals surface area (Å²) in [5.41, 5.74) is 2.17. The third-order valence-corrected chi connectivity index (χ3v) is 8.58. The summed E-state index contributed by atoms with van der Waals surface area (Å²) >= 11 is 0. The Morgan fingerprint density at radius 3 is 2.19 bits per heavy atom. The number of rotatable bonds is 8. The van der Waals surface area contributed by atoms with Gasteiger partial charge in [-0.25, -0.2) is 4.39 Å². The van der Waals surface area contributed by atoms with E-state index >= 15 is 0 Å². The lowest BCUT2D eigenvalue weighted by atomic mass is 9.68. The minimum atomic E-state index is -0.0443. The highest BCUT2D eigenvalue weighted by molar-refractivity contribution is 5.84. The predicted octanol–water partition coefficient (Wildman–Crippen LogP) is 9.05.